The van der Waals surface area contributed by atoms with Crippen LogP contribution in [-0.4, -0.2) is 28.6 Å². The number of carboxylic acids is 1. The van der Waals surface area contributed by atoms with Crippen molar-refractivity contribution >= 4 is 17.6 Å². The maximum atomic E-state index is 11.5. The Balaban J connectivity index is 2.72. The molecule has 1 amide bonds. The molecule has 0 spiro atoms. The van der Waals surface area contributed by atoms with E-state index in [2.05, 4.69) is 5.32 Å². The summed E-state index contributed by atoms with van der Waals surface area (Å²) in [7, 11) is 0. The number of carbonyl (C=O) groups excluding carboxylic acids is 1. The van der Waals surface area contributed by atoms with Crippen LogP contribution in [-0.2, 0) is 4.79 Å². The minimum Gasteiger partial charge on any atom is -0.508 e. The number of phenols is 1. The minimum absolute atomic E-state index is 0.137. The highest BCUT2D eigenvalue weighted by molar-refractivity contribution is 6.00. The monoisotopic (exact) mass is 252 g/mol. The van der Waals surface area contributed by atoms with Crippen LogP contribution < -0.4 is 11.1 Å². The van der Waals surface area contributed by atoms with Crippen LogP contribution >= 0.6 is 0 Å². The minimum atomic E-state index is -1.21. The molecule has 18 heavy (non-hydrogen) atoms. The molecule has 1 aromatic rings. The number of benzene rings is 1. The third-order valence-electron chi connectivity index (χ3n) is 2.37. The fraction of sp³-hybridized carbons (Fsp3) is 0.333. The van der Waals surface area contributed by atoms with Gasteiger partial charge in [0.05, 0.1) is 11.3 Å². The summed E-state index contributed by atoms with van der Waals surface area (Å²) in [6.45, 7) is 0.521. The molecular weight excluding hydrogens is 236 g/mol. The van der Waals surface area contributed by atoms with Crippen molar-refractivity contribution < 1.29 is 19.8 Å². The van der Waals surface area contributed by atoms with Crippen molar-refractivity contribution in [3.05, 3.63) is 23.8 Å². The molecule has 0 aliphatic heterocycles. The molecule has 5 N–H and O–H groups in total. The van der Waals surface area contributed by atoms with E-state index >= 15 is 0 Å². The molecule has 6 nitrogen and oxygen atoms in total. The molecule has 0 saturated carbocycles. The van der Waals surface area contributed by atoms with E-state index < -0.39 is 5.97 Å². The molecule has 98 valence electrons. The van der Waals surface area contributed by atoms with Crippen LogP contribution in [0.2, 0.25) is 0 Å². The number of nitrogens with one attached hydrogen (secondary N) is 1. The van der Waals surface area contributed by atoms with Gasteiger partial charge in [-0.15, -0.1) is 0 Å². The van der Waals surface area contributed by atoms with Gasteiger partial charge in [-0.25, -0.2) is 4.79 Å². The molecule has 0 radical (unpaired) electrons. The Morgan fingerprint density at radius 2 is 2.00 bits per heavy atom. The fourth-order valence-corrected chi connectivity index (χ4v) is 1.46. The number of anilines is 1. The summed E-state index contributed by atoms with van der Waals surface area (Å²) in [5, 5.41) is 20.6. The normalized spacial score (nSPS) is 10.1. The summed E-state index contributed by atoms with van der Waals surface area (Å²) >= 11 is 0. The zero-order valence-corrected chi connectivity index (χ0v) is 9.85. The average Bonchev–Trinajstić information content (AvgIpc) is 2.31. The zero-order valence-electron chi connectivity index (χ0n) is 9.85. The van der Waals surface area contributed by atoms with Crippen LogP contribution in [0.25, 0.3) is 0 Å². The molecule has 0 aromatic heterocycles. The van der Waals surface area contributed by atoms with Gasteiger partial charge in [-0.3, -0.25) is 4.79 Å². The van der Waals surface area contributed by atoms with Crippen molar-refractivity contribution in [3.8, 4) is 5.75 Å². The highest BCUT2D eigenvalue weighted by Crippen LogP contribution is 2.21. The first-order valence-electron chi connectivity index (χ1n) is 5.61. The van der Waals surface area contributed by atoms with E-state index in [1.165, 1.54) is 12.1 Å². The molecule has 0 saturated heterocycles. The number of phenolic OH excluding ortho intramolecular Hbond substituents is 1. The third kappa shape index (κ3) is 4.06. The summed E-state index contributed by atoms with van der Waals surface area (Å²) in [6, 6.07) is 3.78. The Hall–Kier alpha value is -2.08. The fourth-order valence-electron chi connectivity index (χ4n) is 1.46. The van der Waals surface area contributed by atoms with Gasteiger partial charge >= 0.3 is 5.97 Å². The molecule has 0 aliphatic rings. The van der Waals surface area contributed by atoms with Crippen molar-refractivity contribution in [3.63, 3.8) is 0 Å². The first-order chi connectivity index (χ1) is 8.54. The quantitative estimate of drug-likeness (QED) is 0.448. The second-order valence-electron chi connectivity index (χ2n) is 3.83. The molecule has 0 fully saturated rings. The predicted octanol–water partition coefficient (Wildman–Crippen LogP) is 1.16. The second kappa shape index (κ2) is 6.61. The topological polar surface area (TPSA) is 113 Å². The maximum absolute atomic E-state index is 11.5. The maximum Gasteiger partial charge on any atom is 0.337 e. The third-order valence-corrected chi connectivity index (χ3v) is 2.37. The van der Waals surface area contributed by atoms with E-state index in [0.717, 1.165) is 12.5 Å². The Morgan fingerprint density at radius 3 is 2.61 bits per heavy atom. The van der Waals surface area contributed by atoms with Crippen LogP contribution in [0.4, 0.5) is 5.69 Å². The summed E-state index contributed by atoms with van der Waals surface area (Å²) in [5.41, 5.74) is 5.35. The van der Waals surface area contributed by atoms with Crippen LogP contribution in [0.3, 0.4) is 0 Å². The molecular formula is C12H16N2O4. The van der Waals surface area contributed by atoms with E-state index in [9.17, 15) is 14.7 Å². The summed E-state index contributed by atoms with van der Waals surface area (Å²) in [4.78, 5) is 22.5. The lowest BCUT2D eigenvalue weighted by Crippen LogP contribution is -2.14. The highest BCUT2D eigenvalue weighted by atomic mass is 16.4. The SMILES string of the molecule is NCCCCC(=O)Nc1ccc(O)cc1C(=O)O. The first kappa shape index (κ1) is 14.0. The Bertz CT molecular complexity index is 446. The number of nitrogens with two attached hydrogens (primary N) is 1. The standard InChI is InChI=1S/C12H16N2O4/c13-6-2-1-3-11(16)14-10-5-4-8(15)7-9(10)12(17)18/h4-5,7,15H,1-3,6,13H2,(H,14,16)(H,17,18). The lowest BCUT2D eigenvalue weighted by molar-refractivity contribution is -0.116. The molecule has 0 bridgehead atoms. The Morgan fingerprint density at radius 1 is 1.28 bits per heavy atom. The number of unbranched alkanes of at least 4 members (excludes halogenated alkanes) is 1. The van der Waals surface area contributed by atoms with Gasteiger partial charge in [0.15, 0.2) is 0 Å². The van der Waals surface area contributed by atoms with E-state index in [1.54, 1.807) is 0 Å². The van der Waals surface area contributed by atoms with Gasteiger partial charge in [0.1, 0.15) is 5.75 Å². The second-order valence-corrected chi connectivity index (χ2v) is 3.83. The van der Waals surface area contributed by atoms with E-state index in [-0.39, 0.29) is 29.3 Å². The molecule has 0 aliphatic carbocycles. The number of amides is 1. The predicted molar refractivity (Wildman–Crippen MR) is 66.6 cm³/mol. The van der Waals surface area contributed by atoms with Crippen molar-refractivity contribution in [2.24, 2.45) is 5.73 Å². The summed E-state index contributed by atoms with van der Waals surface area (Å²) in [5.74, 6) is -1.63. The van der Waals surface area contributed by atoms with Crippen molar-refractivity contribution in [2.45, 2.75) is 19.3 Å². The lowest BCUT2D eigenvalue weighted by atomic mass is 10.1. The molecule has 0 heterocycles. The number of carbonyl (C=O) groups is 2. The molecule has 0 atom stereocenters. The van der Waals surface area contributed by atoms with Gasteiger partial charge in [-0.1, -0.05) is 0 Å². The highest BCUT2D eigenvalue weighted by Gasteiger charge is 2.13. The number of aromatic hydroxyl groups is 1. The zero-order chi connectivity index (χ0) is 13.5. The van der Waals surface area contributed by atoms with Crippen molar-refractivity contribution in [2.75, 3.05) is 11.9 Å². The first-order valence-corrected chi connectivity index (χ1v) is 5.61. The Kier molecular flexibility index (Phi) is 5.13. The molecule has 0 unspecified atom stereocenters. The number of hydrogen-bond donors (Lipinski definition) is 4. The van der Waals surface area contributed by atoms with Gasteiger partial charge in [-0.05, 0) is 37.6 Å². The summed E-state index contributed by atoms with van der Waals surface area (Å²) < 4.78 is 0. The van der Waals surface area contributed by atoms with E-state index in [1.807, 2.05) is 0 Å². The van der Waals surface area contributed by atoms with Crippen LogP contribution in [0.15, 0.2) is 18.2 Å². The van der Waals surface area contributed by atoms with Gasteiger partial charge in [0, 0.05) is 6.42 Å². The molecule has 1 aromatic carbocycles. The van der Waals surface area contributed by atoms with Crippen molar-refractivity contribution in [1.29, 1.82) is 0 Å². The lowest BCUT2D eigenvalue weighted by Gasteiger charge is -2.08. The Labute approximate surface area is 104 Å². The van der Waals surface area contributed by atoms with Crippen LogP contribution in [0.1, 0.15) is 29.6 Å². The molecule has 1 rings (SSSR count). The van der Waals surface area contributed by atoms with Crippen LogP contribution in [0.5, 0.6) is 5.75 Å². The summed E-state index contributed by atoms with van der Waals surface area (Å²) in [6.07, 6.45) is 1.69. The van der Waals surface area contributed by atoms with E-state index in [0.29, 0.717) is 13.0 Å². The van der Waals surface area contributed by atoms with Crippen molar-refractivity contribution in [1.82, 2.24) is 0 Å². The number of rotatable bonds is 6. The number of carboxylic acid groups (broad SMARTS) is 1. The molecule has 6 heteroatoms. The van der Waals surface area contributed by atoms with E-state index in [4.69, 9.17) is 10.8 Å². The smallest absolute Gasteiger partial charge is 0.337 e. The van der Waals surface area contributed by atoms with Crippen LogP contribution in [0, 0.1) is 0 Å². The van der Waals surface area contributed by atoms with Gasteiger partial charge < -0.3 is 21.3 Å². The average molecular weight is 252 g/mol. The van der Waals surface area contributed by atoms with Gasteiger partial charge in [0.2, 0.25) is 5.91 Å². The number of aromatic carboxylic acids is 1. The largest absolute Gasteiger partial charge is 0.508 e. The number of hydrogen-bond acceptors (Lipinski definition) is 4. The van der Waals surface area contributed by atoms with Gasteiger partial charge in [0.25, 0.3) is 0 Å². The van der Waals surface area contributed by atoms with Gasteiger partial charge in [-0.2, -0.15) is 0 Å².